The highest BCUT2D eigenvalue weighted by atomic mass is 35.5. The number of halogens is 1. The number of hydrogen-bond acceptors (Lipinski definition) is 2. The van der Waals surface area contributed by atoms with Crippen molar-refractivity contribution >= 4 is 18.1 Å². The van der Waals surface area contributed by atoms with Gasteiger partial charge in [0.1, 0.15) is 0 Å². The highest BCUT2D eigenvalue weighted by Crippen LogP contribution is 2.43. The van der Waals surface area contributed by atoms with Crippen molar-refractivity contribution in [2.24, 2.45) is 0 Å². The van der Waals surface area contributed by atoms with Crippen molar-refractivity contribution in [2.45, 2.75) is 63.5 Å². The lowest BCUT2D eigenvalue weighted by molar-refractivity contribution is 0.0519. The van der Waals surface area contributed by atoms with Crippen molar-refractivity contribution < 1.29 is 0 Å². The van der Waals surface area contributed by atoms with E-state index < -0.39 is 0 Å². The van der Waals surface area contributed by atoms with Gasteiger partial charge in [0, 0.05) is 31.9 Å². The van der Waals surface area contributed by atoms with Crippen LogP contribution in [0.5, 0.6) is 0 Å². The predicted molar refractivity (Wildman–Crippen MR) is 149 cm³/mol. The van der Waals surface area contributed by atoms with Crippen LogP contribution in [0.1, 0.15) is 61.6 Å². The Bertz CT molecular complexity index is 979. The number of para-hydroxylation sites is 1. The Morgan fingerprint density at radius 3 is 1.94 bits per heavy atom. The minimum absolute atomic E-state index is 0. The quantitative estimate of drug-likeness (QED) is 0.311. The molecule has 4 rings (SSSR count). The summed E-state index contributed by atoms with van der Waals surface area (Å²) in [5, 5.41) is 0. The number of aryl methyl sites for hydroxylation is 1. The fraction of sp³-hybridized carbons (Fsp3) is 0.419. The highest BCUT2D eigenvalue weighted by molar-refractivity contribution is 5.85. The Morgan fingerprint density at radius 1 is 0.765 bits per heavy atom. The average molecular weight is 477 g/mol. The van der Waals surface area contributed by atoms with Gasteiger partial charge in [-0.25, -0.2) is 0 Å². The minimum Gasteiger partial charge on any atom is -0.377 e. The fourth-order valence-electron chi connectivity index (χ4n) is 5.57. The first-order chi connectivity index (χ1) is 16.0. The number of benzene rings is 3. The molecule has 0 amide bonds. The third kappa shape index (κ3) is 6.64. The van der Waals surface area contributed by atoms with Gasteiger partial charge in [-0.15, -0.1) is 12.4 Å². The van der Waals surface area contributed by atoms with Gasteiger partial charge >= 0.3 is 0 Å². The van der Waals surface area contributed by atoms with Gasteiger partial charge in [0.15, 0.2) is 0 Å². The third-order valence-corrected chi connectivity index (χ3v) is 7.64. The van der Waals surface area contributed by atoms with E-state index in [0.717, 1.165) is 19.5 Å². The molecular weight excluding hydrogens is 436 g/mol. The molecule has 0 saturated heterocycles. The molecule has 0 N–H and O–H groups in total. The normalized spacial score (nSPS) is 20.1. The van der Waals surface area contributed by atoms with Crippen LogP contribution in [0.2, 0.25) is 0 Å². The number of rotatable bonds is 9. The zero-order valence-electron chi connectivity index (χ0n) is 21.1. The monoisotopic (exact) mass is 476 g/mol. The first kappa shape index (κ1) is 26.3. The summed E-state index contributed by atoms with van der Waals surface area (Å²) in [6, 6.07) is 31.0. The topological polar surface area (TPSA) is 6.48 Å². The van der Waals surface area contributed by atoms with Gasteiger partial charge in [0.2, 0.25) is 0 Å². The average Bonchev–Trinajstić information content (AvgIpc) is 2.85. The minimum atomic E-state index is 0. The molecule has 1 aliphatic rings. The lowest BCUT2D eigenvalue weighted by Gasteiger charge is -2.46. The SMILES string of the molecule is CN(C)c1ccccc1C1CCC(C)(N(CCCc2ccccc2)Cc2ccccc2)CC1.Cl. The van der Waals surface area contributed by atoms with E-state index in [-0.39, 0.29) is 17.9 Å². The van der Waals surface area contributed by atoms with Crippen molar-refractivity contribution in [3.8, 4) is 0 Å². The molecule has 182 valence electrons. The molecule has 0 aromatic heterocycles. The molecule has 0 aliphatic heterocycles. The second-order valence-corrected chi connectivity index (χ2v) is 10.2. The molecule has 34 heavy (non-hydrogen) atoms. The van der Waals surface area contributed by atoms with Gasteiger partial charge in [-0.2, -0.15) is 0 Å². The molecule has 3 aromatic carbocycles. The van der Waals surface area contributed by atoms with Gasteiger partial charge in [-0.3, -0.25) is 4.90 Å². The summed E-state index contributed by atoms with van der Waals surface area (Å²) in [6.45, 7) is 4.72. The van der Waals surface area contributed by atoms with Crippen molar-refractivity contribution in [3.63, 3.8) is 0 Å². The maximum Gasteiger partial charge on any atom is 0.0396 e. The second kappa shape index (κ2) is 12.4. The molecule has 3 heteroatoms. The first-order valence-electron chi connectivity index (χ1n) is 12.6. The van der Waals surface area contributed by atoms with Crippen LogP contribution in [-0.4, -0.2) is 31.1 Å². The number of nitrogens with zero attached hydrogens (tertiary/aromatic N) is 2. The van der Waals surface area contributed by atoms with Crippen LogP contribution in [-0.2, 0) is 13.0 Å². The van der Waals surface area contributed by atoms with Crippen LogP contribution in [0.4, 0.5) is 5.69 Å². The fourth-order valence-corrected chi connectivity index (χ4v) is 5.57. The van der Waals surface area contributed by atoms with Gasteiger partial charge in [-0.05, 0) is 80.7 Å². The number of hydrogen-bond donors (Lipinski definition) is 0. The molecular formula is C31H41ClN2. The van der Waals surface area contributed by atoms with Crippen molar-refractivity contribution in [3.05, 3.63) is 102 Å². The molecule has 0 radical (unpaired) electrons. The van der Waals surface area contributed by atoms with Crippen LogP contribution < -0.4 is 4.90 Å². The smallest absolute Gasteiger partial charge is 0.0396 e. The predicted octanol–water partition coefficient (Wildman–Crippen LogP) is 7.73. The molecule has 0 heterocycles. The van der Waals surface area contributed by atoms with Crippen molar-refractivity contribution in [1.82, 2.24) is 4.90 Å². The molecule has 1 fully saturated rings. The van der Waals surface area contributed by atoms with Gasteiger partial charge in [-0.1, -0.05) is 78.9 Å². The van der Waals surface area contributed by atoms with Crippen LogP contribution in [0.25, 0.3) is 0 Å². The summed E-state index contributed by atoms with van der Waals surface area (Å²) in [5.41, 5.74) is 6.05. The Balaban J connectivity index is 0.00000324. The molecule has 0 bridgehead atoms. The van der Waals surface area contributed by atoms with E-state index in [2.05, 4.69) is 116 Å². The molecule has 0 spiro atoms. The van der Waals surface area contributed by atoms with Gasteiger partial charge in [0.25, 0.3) is 0 Å². The van der Waals surface area contributed by atoms with E-state index in [0.29, 0.717) is 5.92 Å². The highest BCUT2D eigenvalue weighted by Gasteiger charge is 2.37. The first-order valence-corrected chi connectivity index (χ1v) is 12.6. The summed E-state index contributed by atoms with van der Waals surface area (Å²) in [5.74, 6) is 0.666. The lowest BCUT2D eigenvalue weighted by atomic mass is 9.73. The Labute approximate surface area is 213 Å². The summed E-state index contributed by atoms with van der Waals surface area (Å²) in [6.07, 6.45) is 7.42. The Hall–Kier alpha value is -2.29. The largest absolute Gasteiger partial charge is 0.377 e. The molecule has 2 nitrogen and oxygen atoms in total. The van der Waals surface area contributed by atoms with Crippen molar-refractivity contribution in [1.29, 1.82) is 0 Å². The van der Waals surface area contributed by atoms with Crippen molar-refractivity contribution in [2.75, 3.05) is 25.5 Å². The van der Waals surface area contributed by atoms with Crippen LogP contribution in [0.15, 0.2) is 84.9 Å². The van der Waals surface area contributed by atoms with Crippen LogP contribution in [0, 0.1) is 0 Å². The molecule has 1 saturated carbocycles. The summed E-state index contributed by atoms with van der Waals surface area (Å²) in [7, 11) is 4.33. The zero-order valence-corrected chi connectivity index (χ0v) is 21.9. The zero-order chi connectivity index (χ0) is 23.1. The Kier molecular flexibility index (Phi) is 9.62. The van der Waals surface area contributed by atoms with Crippen LogP contribution in [0.3, 0.4) is 0 Å². The molecule has 1 aliphatic carbocycles. The van der Waals surface area contributed by atoms with Crippen LogP contribution >= 0.6 is 12.4 Å². The standard InChI is InChI=1S/C31H40N2.ClH/c1-31(22-20-28(21-23-31)29-18-10-11-19-30(29)32(2)3)33(25-27-15-8-5-9-16-27)24-12-17-26-13-6-4-7-14-26;/h4-11,13-16,18-19,28H,12,17,20-25H2,1-3H3;1H. The van der Waals surface area contributed by atoms with Gasteiger partial charge < -0.3 is 4.90 Å². The number of anilines is 1. The second-order valence-electron chi connectivity index (χ2n) is 10.2. The van der Waals surface area contributed by atoms with E-state index in [9.17, 15) is 0 Å². The van der Waals surface area contributed by atoms with E-state index in [1.54, 1.807) is 0 Å². The van der Waals surface area contributed by atoms with E-state index in [1.807, 2.05) is 0 Å². The van der Waals surface area contributed by atoms with E-state index in [1.165, 1.54) is 54.5 Å². The third-order valence-electron chi connectivity index (χ3n) is 7.64. The maximum absolute atomic E-state index is 2.79. The molecule has 3 aromatic rings. The lowest BCUT2D eigenvalue weighted by Crippen LogP contribution is -2.48. The summed E-state index contributed by atoms with van der Waals surface area (Å²) in [4.78, 5) is 5.06. The molecule has 0 atom stereocenters. The summed E-state index contributed by atoms with van der Waals surface area (Å²) < 4.78 is 0. The Morgan fingerprint density at radius 2 is 1.32 bits per heavy atom. The van der Waals surface area contributed by atoms with E-state index >= 15 is 0 Å². The molecule has 0 unspecified atom stereocenters. The maximum atomic E-state index is 2.79. The van der Waals surface area contributed by atoms with Gasteiger partial charge in [0.05, 0.1) is 0 Å². The van der Waals surface area contributed by atoms with E-state index in [4.69, 9.17) is 0 Å². The summed E-state index contributed by atoms with van der Waals surface area (Å²) >= 11 is 0.